The van der Waals surface area contributed by atoms with E-state index < -0.39 is 0 Å². The summed E-state index contributed by atoms with van der Waals surface area (Å²) < 4.78 is 12.8. The first-order chi connectivity index (χ1) is 6.79. The van der Waals surface area contributed by atoms with Gasteiger partial charge < -0.3 is 0 Å². The molecule has 1 aromatic heterocycles. The van der Waals surface area contributed by atoms with Crippen molar-refractivity contribution in [2.24, 2.45) is 0 Å². The standard InChI is InChI=1S/C10H8ClFN2/c11-4-3-10-13-6-7-5-8(12)1-2-9(7)14-10/h1-2,5-6H,3-4H2. The third-order valence-electron chi connectivity index (χ3n) is 1.91. The number of nitrogens with zero attached hydrogens (tertiary/aromatic N) is 2. The second kappa shape index (κ2) is 3.88. The zero-order chi connectivity index (χ0) is 9.97. The van der Waals surface area contributed by atoms with Gasteiger partial charge in [0.25, 0.3) is 0 Å². The maximum Gasteiger partial charge on any atom is 0.130 e. The van der Waals surface area contributed by atoms with Crippen LogP contribution in [0.3, 0.4) is 0 Å². The smallest absolute Gasteiger partial charge is 0.130 e. The molecule has 1 heterocycles. The summed E-state index contributed by atoms with van der Waals surface area (Å²) in [6, 6.07) is 4.45. The van der Waals surface area contributed by atoms with Crippen LogP contribution < -0.4 is 0 Å². The number of fused-ring (bicyclic) bond motifs is 1. The van der Waals surface area contributed by atoms with E-state index in [1.807, 2.05) is 0 Å². The number of aromatic nitrogens is 2. The molecular formula is C10H8ClFN2. The van der Waals surface area contributed by atoms with Crippen molar-refractivity contribution in [3.63, 3.8) is 0 Å². The van der Waals surface area contributed by atoms with Gasteiger partial charge in [-0.25, -0.2) is 14.4 Å². The number of halogens is 2. The van der Waals surface area contributed by atoms with Crippen molar-refractivity contribution in [1.29, 1.82) is 0 Å². The van der Waals surface area contributed by atoms with Gasteiger partial charge in [0.15, 0.2) is 0 Å². The topological polar surface area (TPSA) is 25.8 Å². The normalized spacial score (nSPS) is 10.7. The lowest BCUT2D eigenvalue weighted by molar-refractivity contribution is 0.629. The Balaban J connectivity index is 2.50. The fourth-order valence-electron chi connectivity index (χ4n) is 1.25. The summed E-state index contributed by atoms with van der Waals surface area (Å²) in [6.07, 6.45) is 2.25. The van der Waals surface area contributed by atoms with Crippen LogP contribution in [0.2, 0.25) is 0 Å². The molecule has 2 rings (SSSR count). The van der Waals surface area contributed by atoms with Gasteiger partial charge in [0.1, 0.15) is 11.6 Å². The fraction of sp³-hybridized carbons (Fsp3) is 0.200. The number of hydrogen-bond acceptors (Lipinski definition) is 2. The quantitative estimate of drug-likeness (QED) is 0.712. The van der Waals surface area contributed by atoms with E-state index in [2.05, 4.69) is 9.97 Å². The molecular weight excluding hydrogens is 203 g/mol. The van der Waals surface area contributed by atoms with E-state index in [-0.39, 0.29) is 5.82 Å². The van der Waals surface area contributed by atoms with Gasteiger partial charge in [0, 0.05) is 23.9 Å². The Morgan fingerprint density at radius 3 is 3.00 bits per heavy atom. The van der Waals surface area contributed by atoms with Crippen molar-refractivity contribution < 1.29 is 4.39 Å². The largest absolute Gasteiger partial charge is 0.241 e. The second-order valence-corrected chi connectivity index (χ2v) is 3.31. The Hall–Kier alpha value is -1.22. The monoisotopic (exact) mass is 210 g/mol. The Morgan fingerprint density at radius 2 is 2.21 bits per heavy atom. The van der Waals surface area contributed by atoms with Gasteiger partial charge in [-0.05, 0) is 18.2 Å². The molecule has 2 aromatic rings. The molecule has 72 valence electrons. The minimum Gasteiger partial charge on any atom is -0.241 e. The van der Waals surface area contributed by atoms with Gasteiger partial charge in [-0.2, -0.15) is 0 Å². The minimum atomic E-state index is -0.272. The minimum absolute atomic E-state index is 0.272. The third-order valence-corrected chi connectivity index (χ3v) is 2.10. The van der Waals surface area contributed by atoms with Crippen LogP contribution in [0.25, 0.3) is 10.9 Å². The van der Waals surface area contributed by atoms with Crippen LogP contribution >= 0.6 is 11.6 Å². The Bertz CT molecular complexity index is 459. The fourth-order valence-corrected chi connectivity index (χ4v) is 1.42. The molecule has 0 aliphatic carbocycles. The Morgan fingerprint density at radius 1 is 1.36 bits per heavy atom. The highest BCUT2D eigenvalue weighted by atomic mass is 35.5. The van der Waals surface area contributed by atoms with Gasteiger partial charge in [-0.3, -0.25) is 0 Å². The van der Waals surface area contributed by atoms with Crippen molar-refractivity contribution in [2.45, 2.75) is 6.42 Å². The molecule has 14 heavy (non-hydrogen) atoms. The molecule has 0 spiro atoms. The number of benzene rings is 1. The van der Waals surface area contributed by atoms with Crippen LogP contribution in [0.1, 0.15) is 5.82 Å². The van der Waals surface area contributed by atoms with Gasteiger partial charge in [-0.15, -0.1) is 11.6 Å². The first kappa shape index (κ1) is 9.34. The van der Waals surface area contributed by atoms with E-state index in [4.69, 9.17) is 11.6 Å². The van der Waals surface area contributed by atoms with E-state index in [1.54, 1.807) is 12.3 Å². The highest BCUT2D eigenvalue weighted by Crippen LogP contribution is 2.12. The second-order valence-electron chi connectivity index (χ2n) is 2.93. The molecule has 0 N–H and O–H groups in total. The van der Waals surface area contributed by atoms with E-state index in [1.165, 1.54) is 12.1 Å². The zero-order valence-electron chi connectivity index (χ0n) is 7.37. The summed E-state index contributed by atoms with van der Waals surface area (Å²) in [5.74, 6) is 0.914. The van der Waals surface area contributed by atoms with Crippen molar-refractivity contribution in [1.82, 2.24) is 9.97 Å². The van der Waals surface area contributed by atoms with Crippen molar-refractivity contribution >= 4 is 22.5 Å². The zero-order valence-corrected chi connectivity index (χ0v) is 8.13. The number of alkyl halides is 1. The molecule has 0 saturated heterocycles. The van der Waals surface area contributed by atoms with Gasteiger partial charge >= 0.3 is 0 Å². The van der Waals surface area contributed by atoms with Crippen LogP contribution in [-0.4, -0.2) is 15.8 Å². The number of aryl methyl sites for hydroxylation is 1. The summed E-state index contributed by atoms with van der Waals surface area (Å²) in [5, 5.41) is 0.711. The highest BCUT2D eigenvalue weighted by Gasteiger charge is 2.00. The Labute approximate surface area is 85.8 Å². The van der Waals surface area contributed by atoms with Crippen LogP contribution in [0.15, 0.2) is 24.4 Å². The summed E-state index contributed by atoms with van der Waals surface area (Å²) >= 11 is 5.57. The molecule has 0 radical (unpaired) electrons. The molecule has 0 unspecified atom stereocenters. The van der Waals surface area contributed by atoms with Crippen LogP contribution in [0.4, 0.5) is 4.39 Å². The number of hydrogen-bond donors (Lipinski definition) is 0. The number of rotatable bonds is 2. The molecule has 2 nitrogen and oxygen atoms in total. The van der Waals surface area contributed by atoms with Crippen molar-refractivity contribution in [3.05, 3.63) is 36.0 Å². The summed E-state index contributed by atoms with van der Waals surface area (Å²) in [5.41, 5.74) is 0.751. The SMILES string of the molecule is Fc1ccc2nc(CCCl)ncc2c1. The lowest BCUT2D eigenvalue weighted by Gasteiger charge is -1.99. The first-order valence-corrected chi connectivity index (χ1v) is 4.80. The molecule has 4 heteroatoms. The molecule has 1 aromatic carbocycles. The van der Waals surface area contributed by atoms with E-state index in [9.17, 15) is 4.39 Å². The lowest BCUT2D eigenvalue weighted by atomic mass is 10.2. The summed E-state index contributed by atoms with van der Waals surface area (Å²) in [7, 11) is 0. The van der Waals surface area contributed by atoms with Gasteiger partial charge in [-0.1, -0.05) is 0 Å². The molecule has 0 aliphatic rings. The van der Waals surface area contributed by atoms with Crippen LogP contribution in [0.5, 0.6) is 0 Å². The van der Waals surface area contributed by atoms with Crippen LogP contribution in [0, 0.1) is 5.82 Å². The van der Waals surface area contributed by atoms with E-state index in [0.29, 0.717) is 23.5 Å². The first-order valence-electron chi connectivity index (χ1n) is 4.27. The molecule has 0 aliphatic heterocycles. The average Bonchev–Trinajstić information content (AvgIpc) is 2.19. The summed E-state index contributed by atoms with van der Waals surface area (Å²) in [6.45, 7) is 0. The van der Waals surface area contributed by atoms with E-state index >= 15 is 0 Å². The average molecular weight is 211 g/mol. The van der Waals surface area contributed by atoms with Gasteiger partial charge in [0.05, 0.1) is 5.52 Å². The van der Waals surface area contributed by atoms with Crippen LogP contribution in [-0.2, 0) is 6.42 Å². The highest BCUT2D eigenvalue weighted by molar-refractivity contribution is 6.17. The van der Waals surface area contributed by atoms with Gasteiger partial charge in [0.2, 0.25) is 0 Å². The maximum atomic E-state index is 12.8. The van der Waals surface area contributed by atoms with Crippen molar-refractivity contribution in [2.75, 3.05) is 5.88 Å². The predicted octanol–water partition coefficient (Wildman–Crippen LogP) is 2.55. The maximum absolute atomic E-state index is 12.8. The third kappa shape index (κ3) is 1.82. The van der Waals surface area contributed by atoms with Crippen molar-refractivity contribution in [3.8, 4) is 0 Å². The molecule has 0 amide bonds. The summed E-state index contributed by atoms with van der Waals surface area (Å²) in [4.78, 5) is 8.32. The molecule has 0 bridgehead atoms. The molecule has 0 saturated carbocycles. The lowest BCUT2D eigenvalue weighted by Crippen LogP contribution is -1.96. The predicted molar refractivity (Wildman–Crippen MR) is 53.9 cm³/mol. The Kier molecular flexibility index (Phi) is 2.59. The van der Waals surface area contributed by atoms with E-state index in [0.717, 1.165) is 5.52 Å². The molecule has 0 fully saturated rings. The molecule has 0 atom stereocenters.